The summed E-state index contributed by atoms with van der Waals surface area (Å²) in [4.78, 5) is 21.9. The minimum absolute atomic E-state index is 0.0928. The zero-order valence-corrected chi connectivity index (χ0v) is 14.8. The smallest absolute Gasteiger partial charge is 0.257 e. The monoisotopic (exact) mass is 348 g/mol. The molecule has 4 rings (SSSR count). The molecule has 1 amide bonds. The molecule has 6 heteroatoms. The highest BCUT2D eigenvalue weighted by molar-refractivity contribution is 5.96. The minimum Gasteiger partial charge on any atom is -0.361 e. The lowest BCUT2D eigenvalue weighted by atomic mass is 9.92. The Morgan fingerprint density at radius 2 is 2.04 bits per heavy atom. The molecule has 26 heavy (non-hydrogen) atoms. The number of carbonyl (C=O) groups excluding carboxylic acids is 1. The Morgan fingerprint density at radius 3 is 2.77 bits per heavy atom. The van der Waals surface area contributed by atoms with Gasteiger partial charge in [-0.25, -0.2) is 9.97 Å². The first-order valence-electron chi connectivity index (χ1n) is 8.78. The molecule has 0 fully saturated rings. The van der Waals surface area contributed by atoms with Crippen LogP contribution in [0.1, 0.15) is 52.0 Å². The SMILES string of the molecule is Cc1noc(C)c1C(=O)N[C@H]1CCCc2nc(-c3ccccc3)ncc21. The first-order valence-corrected chi connectivity index (χ1v) is 8.78. The molecule has 3 aromatic rings. The standard InChI is InChI=1S/C20H20N4O2/c1-12-18(13(2)26-24-12)20(25)23-17-10-6-9-16-15(17)11-21-19(22-16)14-7-4-3-5-8-14/h3-5,7-8,11,17H,6,9-10H2,1-2H3,(H,23,25)/t17-/m0/s1. The molecular formula is C20H20N4O2. The highest BCUT2D eigenvalue weighted by Gasteiger charge is 2.26. The lowest BCUT2D eigenvalue weighted by Gasteiger charge is -2.25. The number of fused-ring (bicyclic) bond motifs is 1. The molecular weight excluding hydrogens is 328 g/mol. The number of benzene rings is 1. The van der Waals surface area contributed by atoms with Crippen LogP contribution in [0.2, 0.25) is 0 Å². The van der Waals surface area contributed by atoms with E-state index < -0.39 is 0 Å². The summed E-state index contributed by atoms with van der Waals surface area (Å²) < 4.78 is 5.10. The molecule has 2 heterocycles. The second-order valence-electron chi connectivity index (χ2n) is 6.58. The van der Waals surface area contributed by atoms with Crippen LogP contribution in [-0.4, -0.2) is 21.0 Å². The van der Waals surface area contributed by atoms with E-state index in [-0.39, 0.29) is 11.9 Å². The molecule has 132 valence electrons. The van der Waals surface area contributed by atoms with E-state index in [1.165, 1.54) is 0 Å². The van der Waals surface area contributed by atoms with Crippen LogP contribution in [-0.2, 0) is 6.42 Å². The fourth-order valence-electron chi connectivity index (χ4n) is 3.46. The quantitative estimate of drug-likeness (QED) is 0.783. The molecule has 0 saturated carbocycles. The van der Waals surface area contributed by atoms with Gasteiger partial charge in [0.05, 0.1) is 11.7 Å². The van der Waals surface area contributed by atoms with E-state index in [4.69, 9.17) is 9.51 Å². The lowest BCUT2D eigenvalue weighted by molar-refractivity contribution is 0.0930. The van der Waals surface area contributed by atoms with E-state index in [0.717, 1.165) is 41.9 Å². The summed E-state index contributed by atoms with van der Waals surface area (Å²) in [5.41, 5.74) is 4.12. The van der Waals surface area contributed by atoms with Crippen molar-refractivity contribution in [3.63, 3.8) is 0 Å². The van der Waals surface area contributed by atoms with Crippen LogP contribution in [0.4, 0.5) is 0 Å². The Morgan fingerprint density at radius 1 is 1.23 bits per heavy atom. The van der Waals surface area contributed by atoms with Gasteiger partial charge in [-0.15, -0.1) is 0 Å². The number of nitrogens with one attached hydrogen (secondary N) is 1. The van der Waals surface area contributed by atoms with Crippen molar-refractivity contribution in [3.8, 4) is 11.4 Å². The van der Waals surface area contributed by atoms with Crippen molar-refractivity contribution >= 4 is 5.91 Å². The number of amides is 1. The van der Waals surface area contributed by atoms with Crippen LogP contribution in [0.25, 0.3) is 11.4 Å². The Bertz CT molecular complexity index is 930. The normalized spacial score (nSPS) is 16.2. The number of rotatable bonds is 3. The van der Waals surface area contributed by atoms with E-state index in [1.807, 2.05) is 36.5 Å². The first kappa shape index (κ1) is 16.4. The Kier molecular flexibility index (Phi) is 4.24. The van der Waals surface area contributed by atoms with Crippen LogP contribution in [0.5, 0.6) is 0 Å². The average Bonchev–Trinajstić information content (AvgIpc) is 3.00. The second-order valence-corrected chi connectivity index (χ2v) is 6.58. The van der Waals surface area contributed by atoms with Gasteiger partial charge in [-0.05, 0) is 33.1 Å². The van der Waals surface area contributed by atoms with Crippen molar-refractivity contribution in [1.82, 2.24) is 20.4 Å². The highest BCUT2D eigenvalue weighted by atomic mass is 16.5. The molecule has 0 unspecified atom stereocenters. The van der Waals surface area contributed by atoms with E-state index in [2.05, 4.69) is 15.5 Å². The molecule has 0 radical (unpaired) electrons. The van der Waals surface area contributed by atoms with Gasteiger partial charge in [0.1, 0.15) is 11.3 Å². The third kappa shape index (κ3) is 2.98. The molecule has 6 nitrogen and oxygen atoms in total. The average molecular weight is 348 g/mol. The van der Waals surface area contributed by atoms with Gasteiger partial charge in [-0.2, -0.15) is 0 Å². The third-order valence-electron chi connectivity index (χ3n) is 4.78. The summed E-state index contributed by atoms with van der Waals surface area (Å²) in [5, 5.41) is 6.96. The van der Waals surface area contributed by atoms with E-state index in [0.29, 0.717) is 17.0 Å². The first-order chi connectivity index (χ1) is 12.6. The van der Waals surface area contributed by atoms with Crippen LogP contribution in [0, 0.1) is 13.8 Å². The van der Waals surface area contributed by atoms with Crippen molar-refractivity contribution in [3.05, 3.63) is 64.8 Å². The predicted octanol–water partition coefficient (Wildman–Crippen LogP) is 3.56. The zero-order chi connectivity index (χ0) is 18.1. The molecule has 2 aromatic heterocycles. The summed E-state index contributed by atoms with van der Waals surface area (Å²) >= 11 is 0. The van der Waals surface area contributed by atoms with Gasteiger partial charge in [0.25, 0.3) is 5.91 Å². The molecule has 0 saturated heterocycles. The van der Waals surface area contributed by atoms with Crippen LogP contribution in [0.3, 0.4) is 0 Å². The van der Waals surface area contributed by atoms with Gasteiger partial charge in [0, 0.05) is 23.0 Å². The third-order valence-corrected chi connectivity index (χ3v) is 4.78. The van der Waals surface area contributed by atoms with Gasteiger partial charge >= 0.3 is 0 Å². The maximum Gasteiger partial charge on any atom is 0.257 e. The number of nitrogens with zero attached hydrogens (tertiary/aromatic N) is 3. The maximum absolute atomic E-state index is 12.7. The molecule has 1 atom stereocenters. The largest absolute Gasteiger partial charge is 0.361 e. The lowest BCUT2D eigenvalue weighted by Crippen LogP contribution is -2.32. The minimum atomic E-state index is -0.161. The van der Waals surface area contributed by atoms with Crippen molar-refractivity contribution < 1.29 is 9.32 Å². The van der Waals surface area contributed by atoms with Crippen molar-refractivity contribution in [2.24, 2.45) is 0 Å². The van der Waals surface area contributed by atoms with Crippen molar-refractivity contribution in [2.75, 3.05) is 0 Å². The van der Waals surface area contributed by atoms with Gasteiger partial charge in [0.15, 0.2) is 5.82 Å². The summed E-state index contributed by atoms with van der Waals surface area (Å²) in [5.74, 6) is 1.10. The molecule has 0 bridgehead atoms. The van der Waals surface area contributed by atoms with Gasteiger partial charge < -0.3 is 9.84 Å². The molecule has 0 aliphatic heterocycles. The molecule has 1 N–H and O–H groups in total. The number of aromatic nitrogens is 3. The number of hydrogen-bond donors (Lipinski definition) is 1. The summed E-state index contributed by atoms with van der Waals surface area (Å²) in [6.07, 6.45) is 4.60. The van der Waals surface area contributed by atoms with Crippen LogP contribution >= 0.6 is 0 Å². The van der Waals surface area contributed by atoms with Crippen LogP contribution < -0.4 is 5.32 Å². The number of hydrogen-bond acceptors (Lipinski definition) is 5. The van der Waals surface area contributed by atoms with Crippen molar-refractivity contribution in [1.29, 1.82) is 0 Å². The Labute approximate surface area is 151 Å². The Hall–Kier alpha value is -3.02. The van der Waals surface area contributed by atoms with Crippen molar-refractivity contribution in [2.45, 2.75) is 39.2 Å². The number of carbonyl (C=O) groups is 1. The second kappa shape index (κ2) is 6.71. The maximum atomic E-state index is 12.7. The van der Waals surface area contributed by atoms with Gasteiger partial charge in [-0.1, -0.05) is 35.5 Å². The summed E-state index contributed by atoms with van der Waals surface area (Å²) in [6.45, 7) is 3.52. The molecule has 1 aliphatic rings. The van der Waals surface area contributed by atoms with E-state index >= 15 is 0 Å². The molecule has 0 spiro atoms. The zero-order valence-electron chi connectivity index (χ0n) is 14.8. The van der Waals surface area contributed by atoms with E-state index in [1.54, 1.807) is 13.8 Å². The Balaban J connectivity index is 1.61. The fourth-order valence-corrected chi connectivity index (χ4v) is 3.46. The fraction of sp³-hybridized carbons (Fsp3) is 0.300. The summed E-state index contributed by atoms with van der Waals surface area (Å²) in [7, 11) is 0. The predicted molar refractivity (Wildman–Crippen MR) is 96.6 cm³/mol. The van der Waals surface area contributed by atoms with Gasteiger partial charge in [-0.3, -0.25) is 4.79 Å². The molecule has 1 aliphatic carbocycles. The number of aryl methyl sites for hydroxylation is 3. The summed E-state index contributed by atoms with van der Waals surface area (Å²) in [6, 6.07) is 9.84. The molecule has 1 aromatic carbocycles. The van der Waals surface area contributed by atoms with Crippen LogP contribution in [0.15, 0.2) is 41.1 Å². The topological polar surface area (TPSA) is 80.9 Å². The van der Waals surface area contributed by atoms with E-state index in [9.17, 15) is 4.79 Å². The van der Waals surface area contributed by atoms with Gasteiger partial charge in [0.2, 0.25) is 0 Å². The highest BCUT2D eigenvalue weighted by Crippen LogP contribution is 2.30.